The van der Waals surface area contributed by atoms with Gasteiger partial charge in [-0.05, 0) is 24.3 Å². The standard InChI is InChI=1S/C12H14N2Si/c1-15(2,11-7-3-5-9-13-11)12-8-4-6-10-14-12/h3-10H,1-2H3. The summed E-state index contributed by atoms with van der Waals surface area (Å²) in [5.74, 6) is 0. The number of pyridine rings is 2. The number of nitrogens with zero attached hydrogens (tertiary/aromatic N) is 2. The summed E-state index contributed by atoms with van der Waals surface area (Å²) < 4.78 is 0. The fraction of sp³-hybridized carbons (Fsp3) is 0.167. The van der Waals surface area contributed by atoms with Gasteiger partial charge < -0.3 is 0 Å². The Kier molecular flexibility index (Phi) is 2.64. The van der Waals surface area contributed by atoms with Gasteiger partial charge in [-0.2, -0.15) is 0 Å². The molecule has 0 N–H and O–H groups in total. The highest BCUT2D eigenvalue weighted by Gasteiger charge is 2.28. The fourth-order valence-corrected chi connectivity index (χ4v) is 3.68. The normalized spacial score (nSPS) is 11.3. The second kappa shape index (κ2) is 3.94. The van der Waals surface area contributed by atoms with Gasteiger partial charge in [-0.15, -0.1) is 0 Å². The summed E-state index contributed by atoms with van der Waals surface area (Å²) in [6, 6.07) is 12.2. The molecule has 0 spiro atoms. The molecule has 0 atom stereocenters. The lowest BCUT2D eigenvalue weighted by atomic mass is 10.5. The predicted octanol–water partition coefficient (Wildman–Crippen LogP) is 1.30. The van der Waals surface area contributed by atoms with Crippen molar-refractivity contribution in [3.05, 3.63) is 48.8 Å². The first-order valence-corrected chi connectivity index (χ1v) is 8.04. The summed E-state index contributed by atoms with van der Waals surface area (Å²) in [6.07, 6.45) is 3.71. The molecule has 0 saturated heterocycles. The molecule has 2 rings (SSSR count). The van der Waals surface area contributed by atoms with Gasteiger partial charge in [-0.25, -0.2) is 0 Å². The Morgan fingerprint density at radius 1 is 0.800 bits per heavy atom. The van der Waals surface area contributed by atoms with Crippen LogP contribution >= 0.6 is 0 Å². The highest BCUT2D eigenvalue weighted by atomic mass is 28.3. The molecule has 0 saturated carbocycles. The summed E-state index contributed by atoms with van der Waals surface area (Å²) in [7, 11) is -1.68. The van der Waals surface area contributed by atoms with E-state index in [-0.39, 0.29) is 0 Å². The molecular formula is C12H14N2Si. The van der Waals surface area contributed by atoms with E-state index in [0.29, 0.717) is 0 Å². The second-order valence-electron chi connectivity index (χ2n) is 4.05. The second-order valence-corrected chi connectivity index (χ2v) is 8.33. The molecule has 76 valence electrons. The molecule has 2 aromatic rings. The van der Waals surface area contributed by atoms with Gasteiger partial charge in [-0.1, -0.05) is 25.2 Å². The van der Waals surface area contributed by atoms with Crippen molar-refractivity contribution in [2.24, 2.45) is 0 Å². The van der Waals surface area contributed by atoms with Crippen LogP contribution in [0.2, 0.25) is 13.1 Å². The molecule has 0 aromatic carbocycles. The lowest BCUT2D eigenvalue weighted by molar-refractivity contribution is 1.33. The Bertz CT molecular complexity index is 384. The maximum atomic E-state index is 4.45. The SMILES string of the molecule is C[Si](C)(c1ccccn1)c1ccccn1. The Labute approximate surface area is 91.0 Å². The first-order chi connectivity index (χ1) is 7.21. The van der Waals surface area contributed by atoms with Gasteiger partial charge in [0.1, 0.15) is 0 Å². The molecule has 3 heteroatoms. The molecule has 0 radical (unpaired) electrons. The summed E-state index contributed by atoms with van der Waals surface area (Å²) in [5, 5.41) is 2.37. The Morgan fingerprint density at radius 2 is 1.27 bits per heavy atom. The monoisotopic (exact) mass is 214 g/mol. The van der Waals surface area contributed by atoms with E-state index < -0.39 is 8.07 Å². The van der Waals surface area contributed by atoms with Gasteiger partial charge >= 0.3 is 0 Å². The third-order valence-electron chi connectivity index (χ3n) is 2.61. The van der Waals surface area contributed by atoms with E-state index in [1.165, 1.54) is 10.6 Å². The first-order valence-electron chi connectivity index (χ1n) is 5.04. The van der Waals surface area contributed by atoms with Crippen LogP contribution in [-0.2, 0) is 0 Å². The highest BCUT2D eigenvalue weighted by Crippen LogP contribution is 2.00. The molecule has 2 nitrogen and oxygen atoms in total. The van der Waals surface area contributed by atoms with E-state index in [1.54, 1.807) is 0 Å². The van der Waals surface area contributed by atoms with Crippen molar-refractivity contribution in [3.63, 3.8) is 0 Å². The van der Waals surface area contributed by atoms with Gasteiger partial charge in [0.2, 0.25) is 0 Å². The van der Waals surface area contributed by atoms with Crippen LogP contribution in [0.4, 0.5) is 0 Å². The largest absolute Gasteiger partial charge is 0.266 e. The van der Waals surface area contributed by atoms with Crippen LogP contribution in [0.25, 0.3) is 0 Å². The van der Waals surface area contributed by atoms with E-state index in [2.05, 4.69) is 35.2 Å². The number of hydrogen-bond acceptors (Lipinski definition) is 2. The lowest BCUT2D eigenvalue weighted by Gasteiger charge is -2.20. The van der Waals surface area contributed by atoms with Crippen LogP contribution in [0.1, 0.15) is 0 Å². The Hall–Kier alpha value is -1.48. The number of rotatable bonds is 2. The van der Waals surface area contributed by atoms with Gasteiger partial charge in [0.15, 0.2) is 8.07 Å². The predicted molar refractivity (Wildman–Crippen MR) is 65.2 cm³/mol. The zero-order valence-corrected chi connectivity index (χ0v) is 10.0. The van der Waals surface area contributed by atoms with Gasteiger partial charge in [0, 0.05) is 23.0 Å². The van der Waals surface area contributed by atoms with Crippen molar-refractivity contribution in [1.82, 2.24) is 9.97 Å². The van der Waals surface area contributed by atoms with E-state index in [4.69, 9.17) is 0 Å². The average Bonchev–Trinajstić information content (AvgIpc) is 2.31. The Balaban J connectivity index is 2.44. The summed E-state index contributed by atoms with van der Waals surface area (Å²) >= 11 is 0. The molecule has 0 amide bonds. The topological polar surface area (TPSA) is 25.8 Å². The van der Waals surface area contributed by atoms with Crippen LogP contribution in [0.3, 0.4) is 0 Å². The average molecular weight is 214 g/mol. The van der Waals surface area contributed by atoms with Crippen molar-refractivity contribution in [2.45, 2.75) is 13.1 Å². The van der Waals surface area contributed by atoms with Crippen LogP contribution < -0.4 is 10.6 Å². The first kappa shape index (κ1) is 10.0. The lowest BCUT2D eigenvalue weighted by Crippen LogP contribution is -2.55. The summed E-state index contributed by atoms with van der Waals surface area (Å²) in [6.45, 7) is 4.55. The maximum Gasteiger partial charge on any atom is 0.158 e. The summed E-state index contributed by atoms with van der Waals surface area (Å²) in [4.78, 5) is 8.90. The van der Waals surface area contributed by atoms with E-state index in [1.807, 2.05) is 36.7 Å². The fourth-order valence-electron chi connectivity index (χ4n) is 1.60. The van der Waals surface area contributed by atoms with Crippen molar-refractivity contribution in [2.75, 3.05) is 0 Å². The number of hydrogen-bond donors (Lipinski definition) is 0. The minimum atomic E-state index is -1.68. The molecule has 0 fully saturated rings. The smallest absolute Gasteiger partial charge is 0.158 e. The molecule has 0 aliphatic heterocycles. The minimum Gasteiger partial charge on any atom is -0.266 e. The van der Waals surface area contributed by atoms with Gasteiger partial charge in [-0.3, -0.25) is 9.97 Å². The number of aromatic nitrogens is 2. The van der Waals surface area contributed by atoms with E-state index in [9.17, 15) is 0 Å². The van der Waals surface area contributed by atoms with Crippen molar-refractivity contribution < 1.29 is 0 Å². The van der Waals surface area contributed by atoms with Crippen LogP contribution in [0, 0.1) is 0 Å². The van der Waals surface area contributed by atoms with Gasteiger partial charge in [0.25, 0.3) is 0 Å². The zero-order valence-electron chi connectivity index (χ0n) is 9.01. The molecular weight excluding hydrogens is 200 g/mol. The maximum absolute atomic E-state index is 4.45. The van der Waals surface area contributed by atoms with Crippen LogP contribution in [0.5, 0.6) is 0 Å². The highest BCUT2D eigenvalue weighted by molar-refractivity contribution is 6.99. The van der Waals surface area contributed by atoms with Crippen LogP contribution in [0.15, 0.2) is 48.8 Å². The third-order valence-corrected chi connectivity index (χ3v) is 5.76. The molecule has 0 aliphatic carbocycles. The molecule has 2 aromatic heterocycles. The molecule has 0 aliphatic rings. The third kappa shape index (κ3) is 1.97. The minimum absolute atomic E-state index is 1.18. The van der Waals surface area contributed by atoms with Crippen molar-refractivity contribution >= 4 is 18.7 Å². The quantitative estimate of drug-likeness (QED) is 0.704. The molecule has 2 heterocycles. The van der Waals surface area contributed by atoms with Gasteiger partial charge in [0.05, 0.1) is 0 Å². The zero-order chi connectivity index (χ0) is 10.7. The molecule has 0 bridgehead atoms. The molecule has 15 heavy (non-hydrogen) atoms. The Morgan fingerprint density at radius 3 is 1.60 bits per heavy atom. The van der Waals surface area contributed by atoms with E-state index >= 15 is 0 Å². The van der Waals surface area contributed by atoms with E-state index in [0.717, 1.165) is 0 Å². The molecule has 0 unspecified atom stereocenters. The van der Waals surface area contributed by atoms with Crippen molar-refractivity contribution in [1.29, 1.82) is 0 Å². The van der Waals surface area contributed by atoms with Crippen LogP contribution in [-0.4, -0.2) is 18.0 Å². The summed E-state index contributed by atoms with van der Waals surface area (Å²) in [5.41, 5.74) is 0. The van der Waals surface area contributed by atoms with Crippen molar-refractivity contribution in [3.8, 4) is 0 Å².